The van der Waals surface area contributed by atoms with E-state index in [1.54, 1.807) is 18.5 Å². The van der Waals surface area contributed by atoms with Gasteiger partial charge >= 0.3 is 0 Å². The summed E-state index contributed by atoms with van der Waals surface area (Å²) >= 11 is 0. The van der Waals surface area contributed by atoms with Crippen molar-refractivity contribution < 1.29 is 9.72 Å². The number of carbonyl (C=O) groups is 1. The van der Waals surface area contributed by atoms with Gasteiger partial charge in [0.05, 0.1) is 16.4 Å². The number of hydrogen-bond acceptors (Lipinski definition) is 6. The molecule has 1 saturated heterocycles. The van der Waals surface area contributed by atoms with E-state index in [1.165, 1.54) is 0 Å². The Morgan fingerprint density at radius 2 is 1.82 bits per heavy atom. The van der Waals surface area contributed by atoms with E-state index in [1.807, 2.05) is 37.3 Å². The van der Waals surface area contributed by atoms with Crippen LogP contribution in [-0.4, -0.2) is 52.9 Å². The van der Waals surface area contributed by atoms with Crippen LogP contribution in [0.1, 0.15) is 38.7 Å². The molecule has 0 unspecified atom stereocenters. The lowest BCUT2D eigenvalue weighted by molar-refractivity contribution is -0.383. The fourth-order valence-electron chi connectivity index (χ4n) is 4.61. The number of nitrogens with one attached hydrogen (secondary N) is 1. The number of amides is 1. The van der Waals surface area contributed by atoms with Gasteiger partial charge in [-0.2, -0.15) is 0 Å². The minimum atomic E-state index is -0.370. The average Bonchev–Trinajstić information content (AvgIpc) is 2.87. The fourth-order valence-corrected chi connectivity index (χ4v) is 4.61. The van der Waals surface area contributed by atoms with E-state index in [9.17, 15) is 14.9 Å². The van der Waals surface area contributed by atoms with Crippen molar-refractivity contribution in [3.8, 4) is 0 Å². The highest BCUT2D eigenvalue weighted by Gasteiger charge is 2.27. The summed E-state index contributed by atoms with van der Waals surface area (Å²) in [6.07, 6.45) is 4.23. The molecule has 8 heteroatoms. The van der Waals surface area contributed by atoms with Crippen LogP contribution in [0.3, 0.4) is 0 Å². The number of nitro benzene ring substituents is 1. The molecule has 34 heavy (non-hydrogen) atoms. The van der Waals surface area contributed by atoms with Gasteiger partial charge in [0.15, 0.2) is 0 Å². The minimum absolute atomic E-state index is 0.00365. The van der Waals surface area contributed by atoms with Crippen LogP contribution in [0, 0.1) is 10.1 Å². The largest absolute Gasteiger partial charge is 0.368 e. The number of nitrogens with zero attached hydrogens (tertiary/aromatic N) is 4. The SMILES string of the molecule is CC[C@H](C)c1ccccc1NC(=O)[C@@H](C)N1CCN(c2ccc([N+](=O)[O-])c3cnccc23)CC1. The molecule has 4 rings (SSSR count). The Kier molecular flexibility index (Phi) is 7.07. The highest BCUT2D eigenvalue weighted by molar-refractivity contribution is 5.99. The Morgan fingerprint density at radius 1 is 1.09 bits per heavy atom. The molecular weight excluding hydrogens is 430 g/mol. The zero-order valence-corrected chi connectivity index (χ0v) is 19.9. The molecule has 1 fully saturated rings. The molecule has 1 N–H and O–H groups in total. The summed E-state index contributed by atoms with van der Waals surface area (Å²) in [7, 11) is 0. The second-order valence-electron chi connectivity index (χ2n) is 8.87. The molecule has 3 aromatic rings. The molecule has 1 aromatic heterocycles. The van der Waals surface area contributed by atoms with E-state index >= 15 is 0 Å². The first kappa shape index (κ1) is 23.6. The Balaban J connectivity index is 1.44. The number of piperazine rings is 1. The maximum absolute atomic E-state index is 13.1. The Hall–Kier alpha value is -3.52. The van der Waals surface area contributed by atoms with Crippen molar-refractivity contribution in [3.63, 3.8) is 0 Å². The zero-order valence-electron chi connectivity index (χ0n) is 19.9. The highest BCUT2D eigenvalue weighted by atomic mass is 16.6. The standard InChI is InChI=1S/C26H31N5O3/c1-4-18(2)20-7-5-6-8-23(20)28-26(32)19(3)29-13-15-30(16-14-29)24-9-10-25(31(33)34)22-17-27-12-11-21(22)24/h5-12,17-19H,4,13-16H2,1-3H3,(H,28,32)/t18-,19+/m0/s1. The van der Waals surface area contributed by atoms with Crippen molar-refractivity contribution in [1.82, 2.24) is 9.88 Å². The molecule has 2 heterocycles. The number of non-ortho nitro benzene ring substituents is 1. The number of anilines is 2. The Labute approximate surface area is 199 Å². The van der Waals surface area contributed by atoms with E-state index in [2.05, 4.69) is 40.0 Å². The Bertz CT molecular complexity index is 1190. The molecule has 2 aromatic carbocycles. The number of nitro groups is 1. The molecule has 0 saturated carbocycles. The van der Waals surface area contributed by atoms with Crippen LogP contribution in [-0.2, 0) is 4.79 Å². The van der Waals surface area contributed by atoms with Crippen molar-refractivity contribution in [1.29, 1.82) is 0 Å². The number of benzene rings is 2. The van der Waals surface area contributed by atoms with Gasteiger partial charge in [-0.05, 0) is 43.0 Å². The summed E-state index contributed by atoms with van der Waals surface area (Å²) in [4.78, 5) is 32.6. The predicted molar refractivity (Wildman–Crippen MR) is 135 cm³/mol. The molecule has 1 aliphatic heterocycles. The summed E-state index contributed by atoms with van der Waals surface area (Å²) in [6.45, 7) is 9.19. The van der Waals surface area contributed by atoms with Gasteiger partial charge in [-0.3, -0.25) is 24.8 Å². The summed E-state index contributed by atoms with van der Waals surface area (Å²) < 4.78 is 0. The lowest BCUT2D eigenvalue weighted by atomic mass is 9.97. The summed E-state index contributed by atoms with van der Waals surface area (Å²) in [5, 5.41) is 15.9. The number of aromatic nitrogens is 1. The monoisotopic (exact) mass is 461 g/mol. The first-order valence-corrected chi connectivity index (χ1v) is 11.8. The van der Waals surface area contributed by atoms with Crippen LogP contribution < -0.4 is 10.2 Å². The predicted octanol–water partition coefficient (Wildman–Crippen LogP) is 4.81. The summed E-state index contributed by atoms with van der Waals surface area (Å²) in [5.41, 5.74) is 3.07. The second kappa shape index (κ2) is 10.2. The van der Waals surface area contributed by atoms with E-state index in [4.69, 9.17) is 0 Å². The molecule has 178 valence electrons. The quantitative estimate of drug-likeness (QED) is 0.401. The van der Waals surface area contributed by atoms with E-state index < -0.39 is 0 Å². The maximum Gasteiger partial charge on any atom is 0.278 e. The first-order valence-electron chi connectivity index (χ1n) is 11.8. The van der Waals surface area contributed by atoms with Crippen molar-refractivity contribution in [2.24, 2.45) is 0 Å². The molecule has 0 bridgehead atoms. The van der Waals surface area contributed by atoms with Gasteiger partial charge in [-0.25, -0.2) is 0 Å². The van der Waals surface area contributed by atoms with Crippen LogP contribution in [0.4, 0.5) is 17.1 Å². The lowest BCUT2D eigenvalue weighted by Crippen LogP contribution is -2.52. The number of fused-ring (bicyclic) bond motifs is 1. The van der Waals surface area contributed by atoms with E-state index in [-0.39, 0.29) is 22.6 Å². The van der Waals surface area contributed by atoms with Gasteiger partial charge in [0.25, 0.3) is 5.69 Å². The van der Waals surface area contributed by atoms with Gasteiger partial charge in [-0.1, -0.05) is 32.0 Å². The molecular formula is C26H31N5O3. The summed E-state index contributed by atoms with van der Waals surface area (Å²) in [6, 6.07) is 13.0. The third-order valence-electron chi connectivity index (χ3n) is 6.91. The normalized spacial score (nSPS) is 16.3. The lowest BCUT2D eigenvalue weighted by Gasteiger charge is -2.39. The summed E-state index contributed by atoms with van der Waals surface area (Å²) in [5.74, 6) is 0.373. The van der Waals surface area contributed by atoms with Crippen LogP contribution in [0.2, 0.25) is 0 Å². The topological polar surface area (TPSA) is 91.6 Å². The van der Waals surface area contributed by atoms with Crippen LogP contribution in [0.25, 0.3) is 10.8 Å². The molecule has 1 aliphatic rings. The number of pyridine rings is 1. The Morgan fingerprint density at radius 3 is 2.53 bits per heavy atom. The first-order chi connectivity index (χ1) is 16.4. The van der Waals surface area contributed by atoms with Gasteiger partial charge in [0.2, 0.25) is 5.91 Å². The van der Waals surface area contributed by atoms with Crippen molar-refractivity contribution >= 4 is 33.7 Å². The van der Waals surface area contributed by atoms with E-state index in [0.29, 0.717) is 11.3 Å². The molecule has 1 amide bonds. The van der Waals surface area contributed by atoms with Crippen LogP contribution in [0.15, 0.2) is 54.9 Å². The van der Waals surface area contributed by atoms with E-state index in [0.717, 1.165) is 54.9 Å². The molecule has 8 nitrogen and oxygen atoms in total. The van der Waals surface area contributed by atoms with Crippen molar-refractivity contribution in [3.05, 3.63) is 70.5 Å². The van der Waals surface area contributed by atoms with Gasteiger partial charge in [-0.15, -0.1) is 0 Å². The van der Waals surface area contributed by atoms with Crippen molar-refractivity contribution in [2.45, 2.75) is 39.2 Å². The van der Waals surface area contributed by atoms with Crippen molar-refractivity contribution in [2.75, 3.05) is 36.4 Å². The van der Waals surface area contributed by atoms with Gasteiger partial charge in [0.1, 0.15) is 0 Å². The zero-order chi connectivity index (χ0) is 24.2. The molecule has 0 spiro atoms. The molecule has 0 radical (unpaired) electrons. The molecule has 2 atom stereocenters. The number of carbonyl (C=O) groups excluding carboxylic acids is 1. The average molecular weight is 462 g/mol. The highest BCUT2D eigenvalue weighted by Crippen LogP contribution is 2.33. The molecule has 0 aliphatic carbocycles. The van der Waals surface area contributed by atoms with Gasteiger partial charge < -0.3 is 10.2 Å². The smallest absolute Gasteiger partial charge is 0.278 e. The van der Waals surface area contributed by atoms with Gasteiger partial charge in [0, 0.05) is 61.4 Å². The maximum atomic E-state index is 13.1. The minimum Gasteiger partial charge on any atom is -0.368 e. The second-order valence-corrected chi connectivity index (χ2v) is 8.87. The van der Waals surface area contributed by atoms with Crippen LogP contribution >= 0.6 is 0 Å². The number of para-hydroxylation sites is 1. The third kappa shape index (κ3) is 4.72. The number of hydrogen-bond donors (Lipinski definition) is 1. The van der Waals surface area contributed by atoms with Crippen LogP contribution in [0.5, 0.6) is 0 Å². The number of rotatable bonds is 7. The third-order valence-corrected chi connectivity index (χ3v) is 6.91. The fraction of sp³-hybridized carbons (Fsp3) is 0.385.